The Labute approximate surface area is 153 Å². The molecule has 2 aromatic carbocycles. The van der Waals surface area contributed by atoms with E-state index in [9.17, 15) is 9.59 Å². The summed E-state index contributed by atoms with van der Waals surface area (Å²) in [6.45, 7) is 0.181. The number of carbonyl (C=O) groups excluding carboxylic acids is 1. The van der Waals surface area contributed by atoms with E-state index in [-0.39, 0.29) is 5.91 Å². The SMILES string of the molecule is COc1ccc(CCCN(C)C(=O)c2cccc(OCC(=O)O)c2)cc1. The molecule has 26 heavy (non-hydrogen) atoms. The highest BCUT2D eigenvalue weighted by Gasteiger charge is 2.12. The summed E-state index contributed by atoms with van der Waals surface area (Å²) in [6.07, 6.45) is 1.70. The molecule has 138 valence electrons. The van der Waals surface area contributed by atoms with Crippen molar-refractivity contribution in [3.63, 3.8) is 0 Å². The molecule has 1 N–H and O–H groups in total. The lowest BCUT2D eigenvalue weighted by Gasteiger charge is -2.17. The van der Waals surface area contributed by atoms with Crippen molar-refractivity contribution in [3.8, 4) is 11.5 Å². The van der Waals surface area contributed by atoms with Crippen molar-refractivity contribution >= 4 is 11.9 Å². The number of rotatable bonds is 9. The average Bonchev–Trinajstić information content (AvgIpc) is 2.66. The lowest BCUT2D eigenvalue weighted by molar-refractivity contribution is -0.139. The molecule has 2 rings (SSSR count). The highest BCUT2D eigenvalue weighted by atomic mass is 16.5. The smallest absolute Gasteiger partial charge is 0.341 e. The van der Waals surface area contributed by atoms with Crippen LogP contribution in [0.1, 0.15) is 22.3 Å². The standard InChI is InChI=1S/C20H23NO5/c1-21(12-4-5-15-8-10-17(25-2)11-9-15)20(24)16-6-3-7-18(13-16)26-14-19(22)23/h3,6-11,13H,4-5,12,14H2,1-2H3,(H,22,23). The number of carboxylic acids is 1. The molecule has 0 aliphatic heterocycles. The van der Waals surface area contributed by atoms with Gasteiger partial charge in [-0.25, -0.2) is 4.79 Å². The normalized spacial score (nSPS) is 10.2. The second-order valence-electron chi connectivity index (χ2n) is 5.89. The van der Waals surface area contributed by atoms with E-state index in [1.807, 2.05) is 24.3 Å². The molecule has 6 heteroatoms. The largest absolute Gasteiger partial charge is 0.497 e. The van der Waals surface area contributed by atoms with Gasteiger partial charge in [0.25, 0.3) is 5.91 Å². The summed E-state index contributed by atoms with van der Waals surface area (Å²) in [5, 5.41) is 8.65. The average molecular weight is 357 g/mol. The third kappa shape index (κ3) is 5.81. The van der Waals surface area contributed by atoms with Crippen LogP contribution in [0.5, 0.6) is 11.5 Å². The number of carboxylic acid groups (broad SMARTS) is 1. The van der Waals surface area contributed by atoms with Gasteiger partial charge in [0.1, 0.15) is 11.5 Å². The van der Waals surface area contributed by atoms with Gasteiger partial charge in [0.05, 0.1) is 7.11 Å². The van der Waals surface area contributed by atoms with E-state index in [1.54, 1.807) is 43.3 Å². The van der Waals surface area contributed by atoms with Crippen molar-refractivity contribution in [1.29, 1.82) is 0 Å². The lowest BCUT2D eigenvalue weighted by atomic mass is 10.1. The molecule has 0 aliphatic carbocycles. The number of nitrogens with zero attached hydrogens (tertiary/aromatic N) is 1. The van der Waals surface area contributed by atoms with E-state index in [1.165, 1.54) is 5.56 Å². The minimum atomic E-state index is -1.06. The fraction of sp³-hybridized carbons (Fsp3) is 0.300. The molecule has 0 aliphatic rings. The van der Waals surface area contributed by atoms with Crippen LogP contribution in [-0.4, -0.2) is 49.2 Å². The molecule has 0 unspecified atom stereocenters. The molecule has 0 aromatic heterocycles. The van der Waals surface area contributed by atoms with Gasteiger partial charge >= 0.3 is 5.97 Å². The van der Waals surface area contributed by atoms with Gasteiger partial charge in [-0.15, -0.1) is 0 Å². The van der Waals surface area contributed by atoms with Crippen LogP contribution < -0.4 is 9.47 Å². The summed E-state index contributed by atoms with van der Waals surface area (Å²) in [4.78, 5) is 24.7. The summed E-state index contributed by atoms with van der Waals surface area (Å²) in [5.41, 5.74) is 1.66. The zero-order chi connectivity index (χ0) is 18.9. The van der Waals surface area contributed by atoms with Gasteiger partial charge in [0, 0.05) is 19.2 Å². The number of benzene rings is 2. The van der Waals surface area contributed by atoms with E-state index in [2.05, 4.69) is 0 Å². The van der Waals surface area contributed by atoms with Crippen molar-refractivity contribution in [2.75, 3.05) is 27.3 Å². The van der Waals surface area contributed by atoms with Crippen LogP contribution >= 0.6 is 0 Å². The fourth-order valence-electron chi connectivity index (χ4n) is 2.50. The molecule has 0 radical (unpaired) electrons. The predicted octanol–water partition coefficient (Wildman–Crippen LogP) is 2.86. The van der Waals surface area contributed by atoms with Crippen molar-refractivity contribution < 1.29 is 24.2 Å². The zero-order valence-corrected chi connectivity index (χ0v) is 15.0. The number of methoxy groups -OCH3 is 1. The summed E-state index contributed by atoms with van der Waals surface area (Å²) in [7, 11) is 3.39. The molecule has 0 saturated heterocycles. The Hall–Kier alpha value is -3.02. The molecule has 1 amide bonds. The summed E-state index contributed by atoms with van der Waals surface area (Å²) in [6, 6.07) is 14.4. The molecule has 0 bridgehead atoms. The van der Waals surface area contributed by atoms with Crippen LogP contribution in [0.2, 0.25) is 0 Å². The van der Waals surface area contributed by atoms with E-state index in [0.29, 0.717) is 17.9 Å². The van der Waals surface area contributed by atoms with Gasteiger partial charge in [-0.3, -0.25) is 4.79 Å². The molecule has 0 fully saturated rings. The highest BCUT2D eigenvalue weighted by Crippen LogP contribution is 2.16. The van der Waals surface area contributed by atoms with E-state index in [4.69, 9.17) is 14.6 Å². The highest BCUT2D eigenvalue weighted by molar-refractivity contribution is 5.94. The third-order valence-electron chi connectivity index (χ3n) is 3.91. The van der Waals surface area contributed by atoms with E-state index in [0.717, 1.165) is 18.6 Å². The Bertz CT molecular complexity index is 742. The molecule has 6 nitrogen and oxygen atoms in total. The third-order valence-corrected chi connectivity index (χ3v) is 3.91. The second-order valence-corrected chi connectivity index (χ2v) is 5.89. The number of aliphatic carboxylic acids is 1. The molecule has 0 atom stereocenters. The number of amides is 1. The van der Waals surface area contributed by atoms with Crippen LogP contribution in [0.15, 0.2) is 48.5 Å². The zero-order valence-electron chi connectivity index (χ0n) is 15.0. The summed E-state index contributed by atoms with van der Waals surface area (Å²) >= 11 is 0. The molecule has 2 aromatic rings. The van der Waals surface area contributed by atoms with Crippen LogP contribution in [0.3, 0.4) is 0 Å². The molecule has 0 heterocycles. The number of aryl methyl sites for hydroxylation is 1. The van der Waals surface area contributed by atoms with Crippen LogP contribution in [0.25, 0.3) is 0 Å². The predicted molar refractivity (Wildman–Crippen MR) is 97.8 cm³/mol. The van der Waals surface area contributed by atoms with Crippen LogP contribution in [0, 0.1) is 0 Å². The van der Waals surface area contributed by atoms with Crippen LogP contribution in [-0.2, 0) is 11.2 Å². The topological polar surface area (TPSA) is 76.1 Å². The first-order valence-corrected chi connectivity index (χ1v) is 8.32. The maximum absolute atomic E-state index is 12.5. The van der Waals surface area contributed by atoms with Gasteiger partial charge in [0.15, 0.2) is 6.61 Å². The maximum atomic E-state index is 12.5. The first-order chi connectivity index (χ1) is 12.5. The van der Waals surface area contributed by atoms with Gasteiger partial charge < -0.3 is 19.5 Å². The van der Waals surface area contributed by atoms with Gasteiger partial charge in [-0.2, -0.15) is 0 Å². The van der Waals surface area contributed by atoms with E-state index < -0.39 is 12.6 Å². The summed E-state index contributed by atoms with van der Waals surface area (Å²) < 4.78 is 10.3. The second kappa shape index (κ2) is 9.46. The Balaban J connectivity index is 1.86. The minimum Gasteiger partial charge on any atom is -0.497 e. The molecular formula is C20H23NO5. The Morgan fingerprint density at radius 1 is 1.08 bits per heavy atom. The van der Waals surface area contributed by atoms with Gasteiger partial charge in [-0.05, 0) is 48.7 Å². The molecular weight excluding hydrogens is 334 g/mol. The summed E-state index contributed by atoms with van der Waals surface area (Å²) in [5.74, 6) is 0.00816. The lowest BCUT2D eigenvalue weighted by Crippen LogP contribution is -2.28. The fourth-order valence-corrected chi connectivity index (χ4v) is 2.50. The quantitative estimate of drug-likeness (QED) is 0.747. The molecule has 0 saturated carbocycles. The number of hydrogen-bond acceptors (Lipinski definition) is 4. The number of hydrogen-bond donors (Lipinski definition) is 1. The Kier molecular flexibility index (Phi) is 7.02. The first-order valence-electron chi connectivity index (χ1n) is 8.32. The number of carbonyl (C=O) groups is 2. The Morgan fingerprint density at radius 3 is 2.46 bits per heavy atom. The van der Waals surface area contributed by atoms with Gasteiger partial charge in [-0.1, -0.05) is 18.2 Å². The van der Waals surface area contributed by atoms with Crippen molar-refractivity contribution in [2.45, 2.75) is 12.8 Å². The van der Waals surface area contributed by atoms with Gasteiger partial charge in [0.2, 0.25) is 0 Å². The van der Waals surface area contributed by atoms with E-state index >= 15 is 0 Å². The van der Waals surface area contributed by atoms with Crippen molar-refractivity contribution in [2.24, 2.45) is 0 Å². The Morgan fingerprint density at radius 2 is 1.81 bits per heavy atom. The minimum absolute atomic E-state index is 0.125. The monoisotopic (exact) mass is 357 g/mol. The van der Waals surface area contributed by atoms with Crippen LogP contribution in [0.4, 0.5) is 0 Å². The molecule has 0 spiro atoms. The maximum Gasteiger partial charge on any atom is 0.341 e. The van der Waals surface area contributed by atoms with Crippen molar-refractivity contribution in [3.05, 3.63) is 59.7 Å². The number of ether oxygens (including phenoxy) is 2. The van der Waals surface area contributed by atoms with Crippen molar-refractivity contribution in [1.82, 2.24) is 4.90 Å². The first kappa shape index (κ1) is 19.3.